The van der Waals surface area contributed by atoms with Gasteiger partial charge in [0.1, 0.15) is 5.60 Å². The summed E-state index contributed by atoms with van der Waals surface area (Å²) in [5.41, 5.74) is 1.82. The zero-order chi connectivity index (χ0) is 18.1. The van der Waals surface area contributed by atoms with Gasteiger partial charge in [0, 0.05) is 25.3 Å². The molecule has 2 aromatic rings. The lowest BCUT2D eigenvalue weighted by Gasteiger charge is -2.47. The SMILES string of the molecule is CCn1cc(C(=O)N2CC3(CC(N(C)Cc4ccccc4)CO3)C2)cn1. The summed E-state index contributed by atoms with van der Waals surface area (Å²) >= 11 is 0. The standard InChI is InChI=1S/C20H26N4O2/c1-3-24-12-17(10-21-24)19(25)23-14-20(15-23)9-18(13-26-20)22(2)11-16-7-5-4-6-8-16/h4-8,10,12,18H,3,9,11,13-15H2,1-2H3. The van der Waals surface area contributed by atoms with Crippen molar-refractivity contribution in [3.8, 4) is 0 Å². The average Bonchev–Trinajstić information content (AvgIpc) is 3.28. The normalized spacial score (nSPS) is 21.3. The Balaban J connectivity index is 1.31. The molecule has 3 heterocycles. The van der Waals surface area contributed by atoms with Crippen molar-refractivity contribution in [2.24, 2.45) is 0 Å². The van der Waals surface area contributed by atoms with Crippen LogP contribution in [0.3, 0.4) is 0 Å². The minimum atomic E-state index is -0.161. The Labute approximate surface area is 154 Å². The van der Waals surface area contributed by atoms with Gasteiger partial charge in [0.25, 0.3) is 5.91 Å². The van der Waals surface area contributed by atoms with Crippen LogP contribution in [-0.4, -0.2) is 63.9 Å². The number of carbonyl (C=O) groups excluding carboxylic acids is 1. The van der Waals surface area contributed by atoms with E-state index in [4.69, 9.17) is 4.74 Å². The fourth-order valence-electron chi connectivity index (χ4n) is 3.95. The van der Waals surface area contributed by atoms with E-state index in [0.717, 1.165) is 26.1 Å². The Morgan fingerprint density at radius 2 is 2.12 bits per heavy atom. The topological polar surface area (TPSA) is 50.6 Å². The van der Waals surface area contributed by atoms with Gasteiger partial charge in [-0.25, -0.2) is 0 Å². The lowest BCUT2D eigenvalue weighted by molar-refractivity contribution is -0.0950. The quantitative estimate of drug-likeness (QED) is 0.824. The second-order valence-corrected chi connectivity index (χ2v) is 7.50. The Kier molecular flexibility index (Phi) is 4.54. The van der Waals surface area contributed by atoms with Gasteiger partial charge in [-0.3, -0.25) is 14.4 Å². The fraction of sp³-hybridized carbons (Fsp3) is 0.500. The number of aryl methyl sites for hydroxylation is 1. The highest BCUT2D eigenvalue weighted by Gasteiger charge is 2.52. The van der Waals surface area contributed by atoms with Gasteiger partial charge in [-0.15, -0.1) is 0 Å². The first kappa shape index (κ1) is 17.2. The number of likely N-dealkylation sites (tertiary alicyclic amines) is 1. The summed E-state index contributed by atoms with van der Waals surface area (Å²) in [6, 6.07) is 10.9. The van der Waals surface area contributed by atoms with Crippen LogP contribution in [0.25, 0.3) is 0 Å². The maximum atomic E-state index is 12.6. The van der Waals surface area contributed by atoms with Gasteiger partial charge in [0.2, 0.25) is 0 Å². The van der Waals surface area contributed by atoms with Crippen LogP contribution in [-0.2, 0) is 17.8 Å². The second kappa shape index (κ2) is 6.85. The largest absolute Gasteiger partial charge is 0.370 e. The molecule has 2 aliphatic rings. The van der Waals surface area contributed by atoms with Crippen molar-refractivity contribution in [2.45, 2.75) is 38.1 Å². The Bertz CT molecular complexity index is 767. The number of benzene rings is 1. The van der Waals surface area contributed by atoms with Crippen LogP contribution in [0.5, 0.6) is 0 Å². The molecule has 4 rings (SSSR count). The second-order valence-electron chi connectivity index (χ2n) is 7.50. The van der Waals surface area contributed by atoms with Crippen LogP contribution < -0.4 is 0 Å². The van der Waals surface area contributed by atoms with Gasteiger partial charge in [0.05, 0.1) is 31.5 Å². The first-order valence-electron chi connectivity index (χ1n) is 9.28. The zero-order valence-electron chi connectivity index (χ0n) is 15.5. The van der Waals surface area contributed by atoms with E-state index < -0.39 is 0 Å². The third-order valence-corrected chi connectivity index (χ3v) is 5.54. The molecule has 0 aliphatic carbocycles. The molecule has 6 nitrogen and oxygen atoms in total. The number of ether oxygens (including phenoxy) is 1. The molecule has 138 valence electrons. The first-order valence-corrected chi connectivity index (χ1v) is 9.28. The third kappa shape index (κ3) is 3.27. The molecule has 0 saturated carbocycles. The molecule has 2 fully saturated rings. The van der Waals surface area contributed by atoms with Crippen molar-refractivity contribution in [2.75, 3.05) is 26.7 Å². The van der Waals surface area contributed by atoms with Gasteiger partial charge < -0.3 is 9.64 Å². The molecule has 1 aromatic heterocycles. The van der Waals surface area contributed by atoms with Crippen LogP contribution in [0.15, 0.2) is 42.7 Å². The number of nitrogens with zero attached hydrogens (tertiary/aromatic N) is 4. The van der Waals surface area contributed by atoms with Crippen LogP contribution in [0.4, 0.5) is 0 Å². The maximum absolute atomic E-state index is 12.6. The number of rotatable bonds is 5. The van der Waals surface area contributed by atoms with E-state index in [-0.39, 0.29) is 11.5 Å². The Morgan fingerprint density at radius 1 is 1.35 bits per heavy atom. The lowest BCUT2D eigenvalue weighted by atomic mass is 9.88. The maximum Gasteiger partial charge on any atom is 0.257 e. The smallest absolute Gasteiger partial charge is 0.257 e. The van der Waals surface area contributed by atoms with Crippen LogP contribution in [0.2, 0.25) is 0 Å². The van der Waals surface area contributed by atoms with E-state index in [1.54, 1.807) is 10.9 Å². The van der Waals surface area contributed by atoms with Crippen molar-refractivity contribution in [3.05, 3.63) is 53.9 Å². The summed E-state index contributed by atoms with van der Waals surface area (Å²) in [6.45, 7) is 5.80. The molecule has 1 unspecified atom stereocenters. The molecule has 2 aliphatic heterocycles. The van der Waals surface area contributed by atoms with Crippen molar-refractivity contribution in [3.63, 3.8) is 0 Å². The predicted octanol–water partition coefficient (Wildman–Crippen LogP) is 2.02. The van der Waals surface area contributed by atoms with E-state index in [2.05, 4.69) is 41.3 Å². The summed E-state index contributed by atoms with van der Waals surface area (Å²) < 4.78 is 7.92. The Hall–Kier alpha value is -2.18. The molecule has 1 spiro atoms. The molecule has 2 saturated heterocycles. The molecule has 26 heavy (non-hydrogen) atoms. The molecule has 0 N–H and O–H groups in total. The number of likely N-dealkylation sites (N-methyl/N-ethyl adjacent to an activating group) is 1. The fourth-order valence-corrected chi connectivity index (χ4v) is 3.95. The highest BCUT2D eigenvalue weighted by molar-refractivity contribution is 5.94. The monoisotopic (exact) mass is 354 g/mol. The third-order valence-electron chi connectivity index (χ3n) is 5.54. The molecule has 0 bridgehead atoms. The van der Waals surface area contributed by atoms with E-state index in [0.29, 0.717) is 24.7 Å². The van der Waals surface area contributed by atoms with Gasteiger partial charge in [0.15, 0.2) is 0 Å². The van der Waals surface area contributed by atoms with Gasteiger partial charge in [-0.1, -0.05) is 30.3 Å². The summed E-state index contributed by atoms with van der Waals surface area (Å²) in [6.07, 6.45) is 4.45. The number of aromatic nitrogens is 2. The highest BCUT2D eigenvalue weighted by Crippen LogP contribution is 2.37. The lowest BCUT2D eigenvalue weighted by Crippen LogP contribution is -2.63. The zero-order valence-corrected chi connectivity index (χ0v) is 15.5. The minimum Gasteiger partial charge on any atom is -0.370 e. The number of amides is 1. The molecule has 1 amide bonds. The highest BCUT2D eigenvalue weighted by atomic mass is 16.5. The van der Waals surface area contributed by atoms with Crippen molar-refractivity contribution in [1.82, 2.24) is 19.6 Å². The molecule has 6 heteroatoms. The van der Waals surface area contributed by atoms with E-state index in [9.17, 15) is 4.79 Å². The van der Waals surface area contributed by atoms with Gasteiger partial charge in [-0.05, 0) is 26.0 Å². The van der Waals surface area contributed by atoms with Crippen LogP contribution in [0, 0.1) is 0 Å². The summed E-state index contributed by atoms with van der Waals surface area (Å²) in [5.74, 6) is 0.0556. The van der Waals surface area contributed by atoms with Crippen LogP contribution in [0.1, 0.15) is 29.3 Å². The molecular formula is C20H26N4O2. The number of hydrogen-bond donors (Lipinski definition) is 0. The van der Waals surface area contributed by atoms with E-state index in [1.807, 2.05) is 24.1 Å². The summed E-state index contributed by atoms with van der Waals surface area (Å²) in [5, 5.41) is 4.19. The van der Waals surface area contributed by atoms with Gasteiger partial charge in [-0.2, -0.15) is 5.10 Å². The van der Waals surface area contributed by atoms with Crippen molar-refractivity contribution < 1.29 is 9.53 Å². The van der Waals surface area contributed by atoms with E-state index in [1.165, 1.54) is 5.56 Å². The molecule has 0 radical (unpaired) electrons. The van der Waals surface area contributed by atoms with E-state index >= 15 is 0 Å². The Morgan fingerprint density at radius 3 is 2.81 bits per heavy atom. The van der Waals surface area contributed by atoms with Gasteiger partial charge >= 0.3 is 0 Å². The number of hydrogen-bond acceptors (Lipinski definition) is 4. The molecular weight excluding hydrogens is 328 g/mol. The summed E-state index contributed by atoms with van der Waals surface area (Å²) in [4.78, 5) is 16.8. The van der Waals surface area contributed by atoms with Crippen molar-refractivity contribution >= 4 is 5.91 Å². The number of carbonyl (C=O) groups is 1. The predicted molar refractivity (Wildman–Crippen MR) is 98.8 cm³/mol. The average molecular weight is 354 g/mol. The first-order chi connectivity index (χ1) is 12.6. The summed E-state index contributed by atoms with van der Waals surface area (Å²) in [7, 11) is 2.15. The molecule has 1 atom stereocenters. The minimum absolute atomic E-state index is 0.0556. The van der Waals surface area contributed by atoms with Crippen molar-refractivity contribution in [1.29, 1.82) is 0 Å². The molecule has 1 aromatic carbocycles. The van der Waals surface area contributed by atoms with Crippen LogP contribution >= 0.6 is 0 Å².